The predicted octanol–water partition coefficient (Wildman–Crippen LogP) is 2.33. The molecule has 0 aliphatic heterocycles. The average Bonchev–Trinajstić information content (AvgIpc) is 2.77. The highest BCUT2D eigenvalue weighted by atomic mass is 35.5. The molecule has 2 aromatic heterocycles. The first-order valence-corrected chi connectivity index (χ1v) is 5.99. The fraction of sp³-hybridized carbons (Fsp3) is 0.333. The van der Waals surface area contributed by atoms with Crippen molar-refractivity contribution in [2.45, 2.75) is 26.3 Å². The van der Waals surface area contributed by atoms with Gasteiger partial charge in [0.1, 0.15) is 17.3 Å². The number of aromatic nitrogens is 4. The van der Waals surface area contributed by atoms with E-state index in [1.807, 2.05) is 13.8 Å². The number of pyridine rings is 1. The number of hydrogen-bond acceptors (Lipinski definition) is 4. The van der Waals surface area contributed by atoms with Crippen LogP contribution in [0.5, 0.6) is 0 Å². The van der Waals surface area contributed by atoms with E-state index in [4.69, 9.17) is 11.6 Å². The Bertz CT molecular complexity index is 565. The second kappa shape index (κ2) is 5.27. The van der Waals surface area contributed by atoms with Crippen molar-refractivity contribution in [3.8, 4) is 0 Å². The first-order valence-electron chi connectivity index (χ1n) is 5.61. The quantitative estimate of drug-likeness (QED) is 0.628. The largest absolute Gasteiger partial charge is 0.294 e. The van der Waals surface area contributed by atoms with Crippen LogP contribution in [0.15, 0.2) is 24.7 Å². The molecule has 0 saturated heterocycles. The molecule has 0 spiro atoms. The molecule has 6 heteroatoms. The first kappa shape index (κ1) is 12.7. The Hall–Kier alpha value is -1.75. The van der Waals surface area contributed by atoms with Gasteiger partial charge in [0, 0.05) is 17.8 Å². The average molecular weight is 265 g/mol. The summed E-state index contributed by atoms with van der Waals surface area (Å²) in [6, 6.07) is 3.38. The van der Waals surface area contributed by atoms with Gasteiger partial charge in [0.2, 0.25) is 0 Å². The van der Waals surface area contributed by atoms with Gasteiger partial charge >= 0.3 is 0 Å². The van der Waals surface area contributed by atoms with Gasteiger partial charge in [0.15, 0.2) is 5.78 Å². The van der Waals surface area contributed by atoms with Gasteiger partial charge in [-0.3, -0.25) is 4.79 Å². The Morgan fingerprint density at radius 3 is 2.89 bits per heavy atom. The lowest BCUT2D eigenvalue weighted by Crippen LogP contribution is -2.13. The van der Waals surface area contributed by atoms with E-state index in [1.165, 1.54) is 12.5 Å². The summed E-state index contributed by atoms with van der Waals surface area (Å²) in [7, 11) is 0. The summed E-state index contributed by atoms with van der Waals surface area (Å²) in [4.78, 5) is 20.0. The second-order valence-corrected chi connectivity index (χ2v) is 4.57. The fourth-order valence-corrected chi connectivity index (χ4v) is 1.83. The number of carbonyl (C=O) groups is 1. The van der Waals surface area contributed by atoms with Gasteiger partial charge in [-0.05, 0) is 26.0 Å². The third kappa shape index (κ3) is 2.73. The van der Waals surface area contributed by atoms with Gasteiger partial charge in [0.05, 0.1) is 6.42 Å². The summed E-state index contributed by atoms with van der Waals surface area (Å²) >= 11 is 5.76. The van der Waals surface area contributed by atoms with Crippen LogP contribution in [0, 0.1) is 0 Å². The lowest BCUT2D eigenvalue weighted by atomic mass is 10.1. The molecule has 2 rings (SSSR count). The number of Topliss-reactive ketones (excluding diaryl/α,β-unsaturated/α-hetero) is 1. The number of hydrogen-bond donors (Lipinski definition) is 0. The number of halogens is 1. The zero-order chi connectivity index (χ0) is 13.1. The summed E-state index contributed by atoms with van der Waals surface area (Å²) < 4.78 is 1.74. The summed E-state index contributed by atoms with van der Waals surface area (Å²) in [6.45, 7) is 3.98. The minimum Gasteiger partial charge on any atom is -0.294 e. The minimum absolute atomic E-state index is 0.0470. The molecule has 0 fully saturated rings. The molecule has 0 saturated carbocycles. The maximum Gasteiger partial charge on any atom is 0.170 e. The van der Waals surface area contributed by atoms with Gasteiger partial charge in [-0.2, -0.15) is 5.10 Å². The molecule has 94 valence electrons. The molecule has 0 bridgehead atoms. The molecule has 0 unspecified atom stereocenters. The topological polar surface area (TPSA) is 60.7 Å². The van der Waals surface area contributed by atoms with Gasteiger partial charge in [-0.25, -0.2) is 14.6 Å². The van der Waals surface area contributed by atoms with Crippen LogP contribution in [-0.4, -0.2) is 25.5 Å². The molecule has 5 nitrogen and oxygen atoms in total. The Balaban J connectivity index is 2.19. The van der Waals surface area contributed by atoms with E-state index in [2.05, 4.69) is 15.1 Å². The van der Waals surface area contributed by atoms with E-state index in [0.717, 1.165) is 0 Å². The van der Waals surface area contributed by atoms with Crippen LogP contribution in [0.4, 0.5) is 0 Å². The lowest BCUT2D eigenvalue weighted by Gasteiger charge is -2.08. The molecule has 2 aromatic rings. The van der Waals surface area contributed by atoms with Gasteiger partial charge in [0.25, 0.3) is 0 Å². The van der Waals surface area contributed by atoms with Gasteiger partial charge in [-0.15, -0.1) is 0 Å². The van der Waals surface area contributed by atoms with Crippen LogP contribution >= 0.6 is 11.6 Å². The van der Waals surface area contributed by atoms with Gasteiger partial charge < -0.3 is 0 Å². The SMILES string of the molecule is CC(C)n1ncnc1CC(=O)c1ccnc(Cl)c1. The molecule has 0 aromatic carbocycles. The van der Waals surface area contributed by atoms with E-state index in [-0.39, 0.29) is 18.2 Å². The lowest BCUT2D eigenvalue weighted by molar-refractivity contribution is 0.0989. The van der Waals surface area contributed by atoms with Crippen molar-refractivity contribution < 1.29 is 4.79 Å². The Kier molecular flexibility index (Phi) is 3.72. The van der Waals surface area contributed by atoms with Crippen molar-refractivity contribution in [2.75, 3.05) is 0 Å². The summed E-state index contributed by atoms with van der Waals surface area (Å²) in [5.41, 5.74) is 0.535. The fourth-order valence-electron chi connectivity index (χ4n) is 1.65. The van der Waals surface area contributed by atoms with Crippen molar-refractivity contribution >= 4 is 17.4 Å². The monoisotopic (exact) mass is 264 g/mol. The summed E-state index contributed by atoms with van der Waals surface area (Å²) in [6.07, 6.45) is 3.18. The van der Waals surface area contributed by atoms with Crippen LogP contribution in [0.25, 0.3) is 0 Å². The Labute approximate surface area is 110 Å². The smallest absolute Gasteiger partial charge is 0.170 e. The van der Waals surface area contributed by atoms with E-state index >= 15 is 0 Å². The minimum atomic E-state index is -0.0470. The molecule has 0 amide bonds. The van der Waals surface area contributed by atoms with Crippen LogP contribution in [0.3, 0.4) is 0 Å². The highest BCUT2D eigenvalue weighted by Crippen LogP contribution is 2.12. The molecule has 0 aliphatic rings. The normalized spacial score (nSPS) is 10.9. The van der Waals surface area contributed by atoms with Crippen molar-refractivity contribution in [3.63, 3.8) is 0 Å². The van der Waals surface area contributed by atoms with Crippen molar-refractivity contribution in [1.29, 1.82) is 0 Å². The molecular weight excluding hydrogens is 252 g/mol. The molecule has 2 heterocycles. The Morgan fingerprint density at radius 1 is 1.44 bits per heavy atom. The highest BCUT2D eigenvalue weighted by Gasteiger charge is 2.14. The molecule has 0 radical (unpaired) electrons. The maximum atomic E-state index is 12.1. The molecular formula is C12H13ClN4O. The molecule has 18 heavy (non-hydrogen) atoms. The maximum absolute atomic E-state index is 12.1. The molecule has 0 atom stereocenters. The number of nitrogens with zero attached hydrogens (tertiary/aromatic N) is 4. The third-order valence-electron chi connectivity index (χ3n) is 2.50. The number of ketones is 1. The third-order valence-corrected chi connectivity index (χ3v) is 2.71. The first-order chi connectivity index (χ1) is 8.58. The molecule has 0 N–H and O–H groups in total. The van der Waals surface area contributed by atoms with E-state index < -0.39 is 0 Å². The predicted molar refractivity (Wildman–Crippen MR) is 67.7 cm³/mol. The van der Waals surface area contributed by atoms with Crippen molar-refractivity contribution in [3.05, 3.63) is 41.2 Å². The standard InChI is InChI=1S/C12H13ClN4O/c1-8(2)17-12(15-7-16-17)6-10(18)9-3-4-14-11(13)5-9/h3-5,7-8H,6H2,1-2H3. The zero-order valence-electron chi connectivity index (χ0n) is 10.2. The van der Waals surface area contributed by atoms with Crippen LogP contribution in [0.1, 0.15) is 36.1 Å². The molecule has 0 aliphatic carbocycles. The summed E-state index contributed by atoms with van der Waals surface area (Å²) in [5.74, 6) is 0.608. The van der Waals surface area contributed by atoms with Gasteiger partial charge in [-0.1, -0.05) is 11.6 Å². The van der Waals surface area contributed by atoms with Crippen LogP contribution in [-0.2, 0) is 6.42 Å². The number of carbonyl (C=O) groups excluding carboxylic acids is 1. The van der Waals surface area contributed by atoms with E-state index in [1.54, 1.807) is 16.8 Å². The van der Waals surface area contributed by atoms with E-state index in [0.29, 0.717) is 16.5 Å². The summed E-state index contributed by atoms with van der Waals surface area (Å²) in [5, 5.41) is 4.41. The van der Waals surface area contributed by atoms with Crippen LogP contribution in [0.2, 0.25) is 5.15 Å². The van der Waals surface area contributed by atoms with Crippen molar-refractivity contribution in [2.24, 2.45) is 0 Å². The zero-order valence-corrected chi connectivity index (χ0v) is 10.9. The number of rotatable bonds is 4. The second-order valence-electron chi connectivity index (χ2n) is 4.18. The highest BCUT2D eigenvalue weighted by molar-refractivity contribution is 6.29. The van der Waals surface area contributed by atoms with E-state index in [9.17, 15) is 4.79 Å². The van der Waals surface area contributed by atoms with Crippen LogP contribution < -0.4 is 0 Å². The van der Waals surface area contributed by atoms with Crippen molar-refractivity contribution in [1.82, 2.24) is 19.7 Å². The Morgan fingerprint density at radius 2 is 2.22 bits per heavy atom.